The highest BCUT2D eigenvalue weighted by molar-refractivity contribution is 7.92. The van der Waals surface area contributed by atoms with E-state index in [9.17, 15) is 18.0 Å². The number of rotatable bonds is 7. The van der Waals surface area contributed by atoms with Gasteiger partial charge in [0.05, 0.1) is 24.7 Å². The van der Waals surface area contributed by atoms with Gasteiger partial charge in [-0.05, 0) is 18.7 Å². The summed E-state index contributed by atoms with van der Waals surface area (Å²) in [5, 5.41) is 0. The number of methoxy groups -OCH3 is 1. The Morgan fingerprint density at radius 1 is 1.14 bits per heavy atom. The standard InChI is InChI=1S/C24H29N5O6S/c1-26-10-12-28(13-11-26)18-14-19(27(2)36(4,32)33)22-25-20(24(31)34-3)21(23(30)29(22)15-18)35-16-17-8-6-5-7-9-17/h5-9,14-15H,10-13,16H2,1-4H3. The van der Waals surface area contributed by atoms with Crippen LogP contribution in [0.4, 0.5) is 11.4 Å². The van der Waals surface area contributed by atoms with Crippen molar-refractivity contribution in [1.29, 1.82) is 0 Å². The molecule has 0 unspecified atom stereocenters. The van der Waals surface area contributed by atoms with Gasteiger partial charge in [0.2, 0.25) is 15.8 Å². The van der Waals surface area contributed by atoms with Gasteiger partial charge in [-0.1, -0.05) is 30.3 Å². The third-order valence-corrected chi connectivity index (χ3v) is 7.35. The number of sulfonamides is 1. The fourth-order valence-electron chi connectivity index (χ4n) is 3.93. The number of esters is 1. The zero-order valence-corrected chi connectivity index (χ0v) is 21.5. The lowest BCUT2D eigenvalue weighted by Crippen LogP contribution is -2.44. The summed E-state index contributed by atoms with van der Waals surface area (Å²) in [6, 6.07) is 10.8. The Labute approximate surface area is 209 Å². The molecule has 0 bridgehead atoms. The van der Waals surface area contributed by atoms with E-state index < -0.39 is 21.6 Å². The Hall–Kier alpha value is -3.64. The topological polar surface area (TPSA) is 114 Å². The molecule has 0 spiro atoms. The van der Waals surface area contributed by atoms with Crippen LogP contribution in [0.5, 0.6) is 5.75 Å². The molecule has 0 amide bonds. The van der Waals surface area contributed by atoms with Gasteiger partial charge in [-0.25, -0.2) is 18.2 Å². The first-order valence-corrected chi connectivity index (χ1v) is 13.2. The van der Waals surface area contributed by atoms with Crippen molar-refractivity contribution in [1.82, 2.24) is 14.3 Å². The number of pyridine rings is 1. The van der Waals surface area contributed by atoms with E-state index in [0.29, 0.717) is 18.8 Å². The van der Waals surface area contributed by atoms with Crippen LogP contribution in [0.2, 0.25) is 0 Å². The molecule has 11 nitrogen and oxygen atoms in total. The number of carbonyl (C=O) groups is 1. The van der Waals surface area contributed by atoms with Gasteiger partial charge in [-0.3, -0.25) is 13.5 Å². The number of ether oxygens (including phenoxy) is 2. The van der Waals surface area contributed by atoms with Crippen LogP contribution in [0.1, 0.15) is 16.1 Å². The van der Waals surface area contributed by atoms with E-state index in [-0.39, 0.29) is 29.4 Å². The Kier molecular flexibility index (Phi) is 7.18. The fraction of sp³-hybridized carbons (Fsp3) is 0.375. The van der Waals surface area contributed by atoms with Gasteiger partial charge in [0.15, 0.2) is 11.3 Å². The Morgan fingerprint density at radius 3 is 2.42 bits per heavy atom. The molecule has 12 heteroatoms. The van der Waals surface area contributed by atoms with Crippen molar-refractivity contribution in [2.75, 3.05) is 62.8 Å². The van der Waals surface area contributed by atoms with Crippen molar-refractivity contribution in [3.8, 4) is 5.75 Å². The van der Waals surface area contributed by atoms with E-state index in [1.54, 1.807) is 12.3 Å². The second kappa shape index (κ2) is 10.2. The molecule has 0 aliphatic carbocycles. The minimum atomic E-state index is -3.71. The predicted octanol–water partition coefficient (Wildman–Crippen LogP) is 1.21. The van der Waals surface area contributed by atoms with Crippen LogP contribution < -0.4 is 19.5 Å². The maximum absolute atomic E-state index is 13.7. The van der Waals surface area contributed by atoms with E-state index in [0.717, 1.165) is 29.2 Å². The Balaban J connectivity index is 1.93. The number of aromatic nitrogens is 2. The Morgan fingerprint density at radius 2 is 1.81 bits per heavy atom. The normalized spacial score (nSPS) is 14.6. The summed E-state index contributed by atoms with van der Waals surface area (Å²) in [5.41, 5.74) is 0.639. The average molecular weight is 516 g/mol. The number of anilines is 2. The average Bonchev–Trinajstić information content (AvgIpc) is 2.87. The van der Waals surface area contributed by atoms with Crippen molar-refractivity contribution in [3.05, 3.63) is 64.2 Å². The summed E-state index contributed by atoms with van der Waals surface area (Å²) in [7, 11) is 0.870. The van der Waals surface area contributed by atoms with Crippen molar-refractivity contribution in [2.24, 2.45) is 0 Å². The van der Waals surface area contributed by atoms with Crippen LogP contribution in [-0.2, 0) is 21.4 Å². The molecule has 3 aromatic rings. The second-order valence-electron chi connectivity index (χ2n) is 8.66. The zero-order chi connectivity index (χ0) is 26.0. The lowest BCUT2D eigenvalue weighted by Gasteiger charge is -2.34. The first kappa shape index (κ1) is 25.5. The van der Waals surface area contributed by atoms with Crippen LogP contribution >= 0.6 is 0 Å². The molecule has 0 N–H and O–H groups in total. The van der Waals surface area contributed by atoms with Crippen LogP contribution in [-0.4, -0.2) is 82.3 Å². The monoisotopic (exact) mass is 515 g/mol. The van der Waals surface area contributed by atoms with Gasteiger partial charge in [0.1, 0.15) is 6.61 Å². The predicted molar refractivity (Wildman–Crippen MR) is 137 cm³/mol. The quantitative estimate of drug-likeness (QED) is 0.428. The van der Waals surface area contributed by atoms with E-state index in [1.165, 1.54) is 18.6 Å². The summed E-state index contributed by atoms with van der Waals surface area (Å²) >= 11 is 0. The highest BCUT2D eigenvalue weighted by Crippen LogP contribution is 2.29. The third kappa shape index (κ3) is 5.14. The van der Waals surface area contributed by atoms with Gasteiger partial charge in [0.25, 0.3) is 0 Å². The van der Waals surface area contributed by atoms with Gasteiger partial charge >= 0.3 is 11.5 Å². The molecule has 0 radical (unpaired) electrons. The third-order valence-electron chi connectivity index (χ3n) is 6.16. The summed E-state index contributed by atoms with van der Waals surface area (Å²) in [6.07, 6.45) is 2.66. The molecular formula is C24H29N5O6S. The molecule has 4 rings (SSSR count). The molecule has 0 atom stereocenters. The number of hydrogen-bond acceptors (Lipinski definition) is 9. The van der Waals surface area contributed by atoms with Crippen molar-refractivity contribution in [3.63, 3.8) is 0 Å². The molecule has 1 aromatic carbocycles. The van der Waals surface area contributed by atoms with Gasteiger partial charge in [-0.2, -0.15) is 0 Å². The highest BCUT2D eigenvalue weighted by Gasteiger charge is 2.27. The molecule has 1 aliphatic heterocycles. The van der Waals surface area contributed by atoms with Crippen LogP contribution in [0.25, 0.3) is 5.65 Å². The highest BCUT2D eigenvalue weighted by atomic mass is 32.2. The lowest BCUT2D eigenvalue weighted by molar-refractivity contribution is 0.0588. The molecule has 36 heavy (non-hydrogen) atoms. The van der Waals surface area contributed by atoms with Crippen LogP contribution in [0, 0.1) is 0 Å². The Bertz CT molecular complexity index is 1430. The smallest absolute Gasteiger partial charge is 0.360 e. The zero-order valence-electron chi connectivity index (χ0n) is 20.7. The number of likely N-dealkylation sites (N-methyl/N-ethyl adjacent to an activating group) is 1. The first-order valence-electron chi connectivity index (χ1n) is 11.3. The van der Waals surface area contributed by atoms with Crippen LogP contribution in [0.3, 0.4) is 0 Å². The fourth-order valence-corrected chi connectivity index (χ4v) is 4.43. The summed E-state index contributed by atoms with van der Waals surface area (Å²) in [6.45, 7) is 3.06. The molecule has 192 valence electrons. The number of piperazine rings is 1. The van der Waals surface area contributed by atoms with E-state index >= 15 is 0 Å². The van der Waals surface area contributed by atoms with Gasteiger partial charge in [0, 0.05) is 39.4 Å². The number of carbonyl (C=O) groups excluding carboxylic acids is 1. The molecule has 1 aliphatic rings. The summed E-state index contributed by atoms with van der Waals surface area (Å²) in [4.78, 5) is 34.9. The first-order chi connectivity index (χ1) is 17.1. The van der Waals surface area contributed by atoms with Crippen molar-refractivity contribution < 1.29 is 22.7 Å². The maximum atomic E-state index is 13.7. The summed E-state index contributed by atoms with van der Waals surface area (Å²) in [5.74, 6) is -1.14. The minimum absolute atomic E-state index is 0.00161. The van der Waals surface area contributed by atoms with Gasteiger partial charge in [-0.15, -0.1) is 0 Å². The van der Waals surface area contributed by atoms with E-state index in [4.69, 9.17) is 9.47 Å². The van der Waals surface area contributed by atoms with E-state index in [2.05, 4.69) is 14.8 Å². The molecule has 1 saturated heterocycles. The molecule has 1 fully saturated rings. The second-order valence-corrected chi connectivity index (χ2v) is 10.7. The largest absolute Gasteiger partial charge is 0.481 e. The minimum Gasteiger partial charge on any atom is -0.481 e. The van der Waals surface area contributed by atoms with Gasteiger partial charge < -0.3 is 19.3 Å². The number of fused-ring (bicyclic) bond motifs is 1. The van der Waals surface area contributed by atoms with E-state index in [1.807, 2.05) is 37.4 Å². The number of benzene rings is 1. The maximum Gasteiger partial charge on any atom is 0.360 e. The molecule has 0 saturated carbocycles. The number of hydrogen-bond donors (Lipinski definition) is 0. The lowest BCUT2D eigenvalue weighted by atomic mass is 10.2. The van der Waals surface area contributed by atoms with Crippen molar-refractivity contribution in [2.45, 2.75) is 6.61 Å². The van der Waals surface area contributed by atoms with Crippen molar-refractivity contribution >= 4 is 33.0 Å². The SMILES string of the molecule is COC(=O)c1nc2c(N(C)S(C)(=O)=O)cc(N3CCN(C)CC3)cn2c(=O)c1OCc1ccccc1. The molecular weight excluding hydrogens is 486 g/mol. The molecule has 3 heterocycles. The summed E-state index contributed by atoms with van der Waals surface area (Å²) < 4.78 is 37.9. The number of nitrogens with zero attached hydrogens (tertiary/aromatic N) is 5. The molecule has 2 aromatic heterocycles. The van der Waals surface area contributed by atoms with Crippen LogP contribution in [0.15, 0.2) is 47.4 Å².